The van der Waals surface area contributed by atoms with E-state index in [1.54, 1.807) is 6.92 Å². The molecule has 0 saturated carbocycles. The summed E-state index contributed by atoms with van der Waals surface area (Å²) in [5.41, 5.74) is -0.721. The third kappa shape index (κ3) is 5.55. The summed E-state index contributed by atoms with van der Waals surface area (Å²) in [6.45, 7) is 6.15. The summed E-state index contributed by atoms with van der Waals surface area (Å²) in [5, 5.41) is 5.99. The average Bonchev–Trinajstić information content (AvgIpc) is 3.04. The number of rotatable bonds is 7. The van der Waals surface area contributed by atoms with Gasteiger partial charge in [-0.1, -0.05) is 25.1 Å². The Morgan fingerprint density at radius 1 is 1.23 bits per heavy atom. The topological polar surface area (TPSA) is 29.9 Å². The van der Waals surface area contributed by atoms with Gasteiger partial charge in [-0.05, 0) is 37.6 Å². The van der Waals surface area contributed by atoms with Gasteiger partial charge in [0.15, 0.2) is 5.69 Å². The van der Waals surface area contributed by atoms with Gasteiger partial charge in [-0.2, -0.15) is 18.3 Å². The molecule has 0 aliphatic carbocycles. The number of aryl methyl sites for hydroxylation is 1. The number of benzene rings is 1. The number of hydrogen-bond acceptors (Lipinski definition) is 2. The Balaban J connectivity index is 2.24. The first-order valence-corrected chi connectivity index (χ1v) is 8.99. The highest BCUT2D eigenvalue weighted by Gasteiger charge is 2.34. The van der Waals surface area contributed by atoms with Crippen molar-refractivity contribution in [2.75, 3.05) is 11.9 Å². The van der Waals surface area contributed by atoms with Crippen molar-refractivity contribution in [1.82, 2.24) is 9.78 Å². The maximum Gasteiger partial charge on any atom is 0.435 e. The zero-order valence-corrected chi connectivity index (χ0v) is 16.7. The zero-order chi connectivity index (χ0) is 22.6. The van der Waals surface area contributed by atoms with Crippen LogP contribution in [0, 0.1) is 5.82 Å². The Hall–Kier alpha value is -2.97. The van der Waals surface area contributed by atoms with E-state index >= 15 is 0 Å². The third-order valence-electron chi connectivity index (χ3n) is 4.38. The summed E-state index contributed by atoms with van der Waals surface area (Å²) < 4.78 is 81.9. The average molecular weight is 429 g/mol. The molecule has 2 rings (SSSR count). The second-order valence-electron chi connectivity index (χ2n) is 6.60. The summed E-state index contributed by atoms with van der Waals surface area (Å²) >= 11 is 0. The van der Waals surface area contributed by atoms with Gasteiger partial charge in [0, 0.05) is 24.7 Å². The van der Waals surface area contributed by atoms with Gasteiger partial charge in [-0.3, -0.25) is 4.68 Å². The summed E-state index contributed by atoms with van der Waals surface area (Å²) in [6.07, 6.45) is -3.02. The molecule has 0 unspecified atom stereocenters. The van der Waals surface area contributed by atoms with E-state index in [4.69, 9.17) is 0 Å². The molecule has 0 fully saturated rings. The van der Waals surface area contributed by atoms with Crippen LogP contribution in [0.3, 0.4) is 0 Å². The number of hydrogen-bond donors (Lipinski definition) is 1. The molecular formula is C21H21F6N3. The Labute approximate surface area is 170 Å². The summed E-state index contributed by atoms with van der Waals surface area (Å²) in [6, 6.07) is 4.51. The number of nitrogens with zero attached hydrogens (tertiary/aromatic N) is 2. The number of aromatic nitrogens is 2. The normalized spacial score (nSPS) is 13.3. The third-order valence-corrected chi connectivity index (χ3v) is 4.38. The lowest BCUT2D eigenvalue weighted by Crippen LogP contribution is -2.08. The molecule has 30 heavy (non-hydrogen) atoms. The molecule has 1 heterocycles. The molecule has 0 saturated heterocycles. The van der Waals surface area contributed by atoms with Crippen molar-refractivity contribution in [3.8, 4) is 11.3 Å². The van der Waals surface area contributed by atoms with Crippen LogP contribution in [0.4, 0.5) is 32.0 Å². The monoisotopic (exact) mass is 429 g/mol. The minimum absolute atomic E-state index is 0.0576. The SMILES string of the molecule is C=C(C=C(F)C(CNc1ccc(-c2cc(C(F)(F)F)nn2C)cc1F)=C(C)F)CC. The van der Waals surface area contributed by atoms with E-state index in [2.05, 4.69) is 17.0 Å². The quantitative estimate of drug-likeness (QED) is 0.391. The van der Waals surface area contributed by atoms with Gasteiger partial charge in [0.1, 0.15) is 17.5 Å². The maximum atomic E-state index is 14.5. The van der Waals surface area contributed by atoms with Crippen LogP contribution < -0.4 is 5.32 Å². The predicted octanol–water partition coefficient (Wildman–Crippen LogP) is 6.72. The zero-order valence-electron chi connectivity index (χ0n) is 16.7. The number of halogens is 6. The van der Waals surface area contributed by atoms with Crippen LogP contribution in [-0.2, 0) is 13.2 Å². The van der Waals surface area contributed by atoms with Gasteiger partial charge >= 0.3 is 6.18 Å². The fraction of sp³-hybridized carbons (Fsp3) is 0.286. The lowest BCUT2D eigenvalue weighted by atomic mass is 10.1. The van der Waals surface area contributed by atoms with E-state index in [0.717, 1.165) is 29.8 Å². The van der Waals surface area contributed by atoms with E-state index in [0.29, 0.717) is 12.0 Å². The number of nitrogens with one attached hydrogen (secondary N) is 1. The van der Waals surface area contributed by atoms with Crippen LogP contribution in [-0.4, -0.2) is 16.3 Å². The van der Waals surface area contributed by atoms with Crippen LogP contribution in [0.1, 0.15) is 26.0 Å². The summed E-state index contributed by atoms with van der Waals surface area (Å²) in [5.74, 6) is -2.38. The fourth-order valence-electron chi connectivity index (χ4n) is 2.62. The number of alkyl halides is 3. The highest BCUT2D eigenvalue weighted by atomic mass is 19.4. The molecule has 3 nitrogen and oxygen atoms in total. The minimum atomic E-state index is -4.62. The van der Waals surface area contributed by atoms with E-state index in [1.807, 2.05) is 0 Å². The summed E-state index contributed by atoms with van der Waals surface area (Å²) in [7, 11) is 1.31. The van der Waals surface area contributed by atoms with Crippen molar-refractivity contribution in [1.29, 1.82) is 0 Å². The first kappa shape index (κ1) is 23.3. The Morgan fingerprint density at radius 3 is 2.40 bits per heavy atom. The van der Waals surface area contributed by atoms with Gasteiger partial charge in [-0.15, -0.1) is 0 Å². The second kappa shape index (κ2) is 9.23. The molecule has 0 atom stereocenters. The lowest BCUT2D eigenvalue weighted by Gasteiger charge is -2.12. The maximum absolute atomic E-state index is 14.5. The van der Waals surface area contributed by atoms with Crippen molar-refractivity contribution in [2.24, 2.45) is 7.05 Å². The van der Waals surface area contributed by atoms with Crippen LogP contribution >= 0.6 is 0 Å². The minimum Gasteiger partial charge on any atom is -0.378 e. The molecule has 0 aliphatic heterocycles. The lowest BCUT2D eigenvalue weighted by molar-refractivity contribution is -0.141. The first-order chi connectivity index (χ1) is 13.9. The fourth-order valence-corrected chi connectivity index (χ4v) is 2.62. The van der Waals surface area contributed by atoms with Gasteiger partial charge < -0.3 is 5.32 Å². The van der Waals surface area contributed by atoms with Crippen LogP contribution in [0.2, 0.25) is 0 Å². The molecule has 9 heteroatoms. The van der Waals surface area contributed by atoms with E-state index < -0.39 is 29.3 Å². The molecule has 0 amide bonds. The highest BCUT2D eigenvalue weighted by molar-refractivity contribution is 5.64. The predicted molar refractivity (Wildman–Crippen MR) is 105 cm³/mol. The molecule has 0 radical (unpaired) electrons. The molecule has 0 spiro atoms. The molecule has 0 aliphatic rings. The molecular weight excluding hydrogens is 408 g/mol. The Morgan fingerprint density at radius 2 is 1.90 bits per heavy atom. The van der Waals surface area contributed by atoms with Gasteiger partial charge in [0.05, 0.1) is 11.4 Å². The number of anilines is 1. The van der Waals surface area contributed by atoms with Crippen LogP contribution in [0.15, 0.2) is 59.7 Å². The van der Waals surface area contributed by atoms with Crippen molar-refractivity contribution >= 4 is 5.69 Å². The molecule has 1 aromatic carbocycles. The van der Waals surface area contributed by atoms with Crippen LogP contribution in [0.5, 0.6) is 0 Å². The molecule has 2 aromatic rings. The van der Waals surface area contributed by atoms with Gasteiger partial charge in [0.2, 0.25) is 0 Å². The van der Waals surface area contributed by atoms with E-state index in [9.17, 15) is 26.3 Å². The first-order valence-electron chi connectivity index (χ1n) is 8.99. The number of allylic oxidation sites excluding steroid dienone is 3. The smallest absolute Gasteiger partial charge is 0.378 e. The van der Waals surface area contributed by atoms with Crippen LogP contribution in [0.25, 0.3) is 11.3 Å². The van der Waals surface area contributed by atoms with Crippen molar-refractivity contribution < 1.29 is 26.3 Å². The standard InChI is InChI=1S/C21H21F6N3/c1-5-12(2)8-16(23)15(13(3)22)11-28-18-7-6-14(9-17(18)24)19-10-20(21(25,26)27)29-30(19)4/h6-10,28H,2,5,11H2,1,3-4H3. The van der Waals surface area contributed by atoms with E-state index in [1.165, 1.54) is 19.2 Å². The molecule has 162 valence electrons. The van der Waals surface area contributed by atoms with E-state index in [-0.39, 0.29) is 29.1 Å². The van der Waals surface area contributed by atoms with Crippen molar-refractivity contribution in [3.05, 3.63) is 71.2 Å². The van der Waals surface area contributed by atoms with Gasteiger partial charge in [0.25, 0.3) is 0 Å². The van der Waals surface area contributed by atoms with Crippen molar-refractivity contribution in [2.45, 2.75) is 26.4 Å². The molecule has 0 bridgehead atoms. The Kier molecular flexibility index (Phi) is 7.17. The van der Waals surface area contributed by atoms with Crippen molar-refractivity contribution in [3.63, 3.8) is 0 Å². The highest BCUT2D eigenvalue weighted by Crippen LogP contribution is 2.32. The molecule has 1 aromatic heterocycles. The second-order valence-corrected chi connectivity index (χ2v) is 6.60. The Bertz CT molecular complexity index is 995. The molecule has 1 N–H and O–H groups in total. The summed E-state index contributed by atoms with van der Waals surface area (Å²) in [4.78, 5) is 0. The van der Waals surface area contributed by atoms with Gasteiger partial charge in [-0.25, -0.2) is 13.2 Å². The largest absolute Gasteiger partial charge is 0.435 e.